The summed E-state index contributed by atoms with van der Waals surface area (Å²) in [5.74, 6) is -0.750. The minimum Gasteiger partial charge on any atom is -0.455 e. The smallest absolute Gasteiger partial charge is 0.312 e. The average molecular weight is 401 g/mol. The van der Waals surface area contributed by atoms with Crippen LogP contribution in [0.5, 0.6) is 0 Å². The SMILES string of the molecule is Cc1ccccc1CCNC(=O)COC(=O)Cc1csc(-c2ccsc2)n1. The molecule has 0 aliphatic rings. The van der Waals surface area contributed by atoms with E-state index >= 15 is 0 Å². The van der Waals surface area contributed by atoms with Crippen molar-refractivity contribution in [1.29, 1.82) is 0 Å². The molecule has 0 atom stereocenters. The lowest BCUT2D eigenvalue weighted by Crippen LogP contribution is -2.30. The number of esters is 1. The van der Waals surface area contributed by atoms with Gasteiger partial charge in [-0.1, -0.05) is 24.3 Å². The second kappa shape index (κ2) is 9.43. The van der Waals surface area contributed by atoms with Gasteiger partial charge in [0.15, 0.2) is 6.61 Å². The van der Waals surface area contributed by atoms with Crippen LogP contribution < -0.4 is 5.32 Å². The molecule has 7 heteroatoms. The topological polar surface area (TPSA) is 68.3 Å². The van der Waals surface area contributed by atoms with Crippen molar-refractivity contribution in [3.8, 4) is 10.6 Å². The Balaban J connectivity index is 1.37. The summed E-state index contributed by atoms with van der Waals surface area (Å²) in [5, 5.41) is 9.50. The lowest BCUT2D eigenvalue weighted by Gasteiger charge is -2.08. The number of benzene rings is 1. The zero-order chi connectivity index (χ0) is 19.1. The third-order valence-electron chi connectivity index (χ3n) is 3.99. The maximum Gasteiger partial charge on any atom is 0.312 e. The number of aromatic nitrogens is 1. The van der Waals surface area contributed by atoms with E-state index in [-0.39, 0.29) is 18.9 Å². The number of rotatable bonds is 8. The van der Waals surface area contributed by atoms with E-state index in [1.807, 2.05) is 53.4 Å². The molecule has 0 bridgehead atoms. The third kappa shape index (κ3) is 5.74. The molecule has 1 amide bonds. The number of thiazole rings is 1. The average Bonchev–Trinajstić information content (AvgIpc) is 3.33. The van der Waals surface area contributed by atoms with Crippen LogP contribution in [0.2, 0.25) is 0 Å². The maximum absolute atomic E-state index is 11.9. The highest BCUT2D eigenvalue weighted by Crippen LogP contribution is 2.25. The zero-order valence-electron chi connectivity index (χ0n) is 14.9. The molecule has 0 radical (unpaired) electrons. The van der Waals surface area contributed by atoms with Crippen molar-refractivity contribution in [2.45, 2.75) is 19.8 Å². The van der Waals surface area contributed by atoms with Crippen LogP contribution in [-0.2, 0) is 27.2 Å². The van der Waals surface area contributed by atoms with Gasteiger partial charge in [0, 0.05) is 22.9 Å². The molecule has 1 N–H and O–H groups in total. The number of nitrogens with zero attached hydrogens (tertiary/aromatic N) is 1. The Bertz CT molecular complexity index is 904. The number of ether oxygens (including phenoxy) is 1. The Morgan fingerprint density at radius 1 is 1.19 bits per heavy atom. The molecule has 1 aromatic carbocycles. The van der Waals surface area contributed by atoms with E-state index in [4.69, 9.17) is 4.74 Å². The fraction of sp³-hybridized carbons (Fsp3) is 0.250. The predicted molar refractivity (Wildman–Crippen MR) is 108 cm³/mol. The number of thiophene rings is 1. The summed E-state index contributed by atoms with van der Waals surface area (Å²) in [6.45, 7) is 2.28. The standard InChI is InChI=1S/C20H20N2O3S2/c1-14-4-2-3-5-15(14)6-8-21-18(23)11-25-19(24)10-17-13-27-20(22-17)16-7-9-26-12-16/h2-5,7,9,12-13H,6,8,10-11H2,1H3,(H,21,23). The van der Waals surface area contributed by atoms with Crippen LogP contribution in [0.1, 0.15) is 16.8 Å². The molecule has 0 saturated heterocycles. The van der Waals surface area contributed by atoms with Gasteiger partial charge in [0.2, 0.25) is 0 Å². The zero-order valence-corrected chi connectivity index (χ0v) is 16.6. The number of aryl methyl sites for hydroxylation is 1. The molecular weight excluding hydrogens is 380 g/mol. The van der Waals surface area contributed by atoms with E-state index in [0.29, 0.717) is 12.2 Å². The van der Waals surface area contributed by atoms with Crippen molar-refractivity contribution in [1.82, 2.24) is 10.3 Å². The molecule has 0 unspecified atom stereocenters. The van der Waals surface area contributed by atoms with Gasteiger partial charge < -0.3 is 10.1 Å². The van der Waals surface area contributed by atoms with E-state index in [1.165, 1.54) is 22.5 Å². The number of hydrogen-bond acceptors (Lipinski definition) is 6. The van der Waals surface area contributed by atoms with Crippen LogP contribution in [0.25, 0.3) is 10.6 Å². The van der Waals surface area contributed by atoms with Crippen LogP contribution in [0.3, 0.4) is 0 Å². The van der Waals surface area contributed by atoms with Gasteiger partial charge in [-0.3, -0.25) is 9.59 Å². The lowest BCUT2D eigenvalue weighted by molar-refractivity contribution is -0.147. The third-order valence-corrected chi connectivity index (χ3v) is 5.61. The normalized spacial score (nSPS) is 10.6. The van der Waals surface area contributed by atoms with Crippen molar-refractivity contribution in [2.75, 3.05) is 13.2 Å². The molecule has 0 spiro atoms. The lowest BCUT2D eigenvalue weighted by atomic mass is 10.1. The fourth-order valence-corrected chi connectivity index (χ4v) is 4.06. The number of nitrogens with one attached hydrogen (secondary N) is 1. The van der Waals surface area contributed by atoms with E-state index in [9.17, 15) is 9.59 Å². The predicted octanol–water partition coefficient (Wildman–Crippen LogP) is 3.62. The van der Waals surface area contributed by atoms with Crippen molar-refractivity contribution in [3.63, 3.8) is 0 Å². The molecule has 3 rings (SSSR count). The Hall–Kier alpha value is -2.51. The van der Waals surface area contributed by atoms with Gasteiger partial charge in [0.1, 0.15) is 5.01 Å². The molecule has 140 valence electrons. The quantitative estimate of drug-likeness (QED) is 0.587. The van der Waals surface area contributed by atoms with Gasteiger partial charge in [-0.25, -0.2) is 4.98 Å². The van der Waals surface area contributed by atoms with Crippen LogP contribution in [0.4, 0.5) is 0 Å². The summed E-state index contributed by atoms with van der Waals surface area (Å²) in [6.07, 6.45) is 0.813. The number of carbonyl (C=O) groups excluding carboxylic acids is 2. The van der Waals surface area contributed by atoms with Gasteiger partial charge >= 0.3 is 5.97 Å². The Labute approximate surface area is 166 Å². The van der Waals surface area contributed by atoms with Crippen LogP contribution in [0, 0.1) is 6.92 Å². The van der Waals surface area contributed by atoms with Crippen LogP contribution in [0.15, 0.2) is 46.5 Å². The van der Waals surface area contributed by atoms with Crippen LogP contribution in [-0.4, -0.2) is 30.0 Å². The summed E-state index contributed by atoms with van der Waals surface area (Å²) in [5.41, 5.74) is 4.10. The molecule has 0 aliphatic heterocycles. The largest absolute Gasteiger partial charge is 0.455 e. The van der Waals surface area contributed by atoms with E-state index in [2.05, 4.69) is 10.3 Å². The highest BCUT2D eigenvalue weighted by atomic mass is 32.1. The minimum absolute atomic E-state index is 0.0666. The van der Waals surface area contributed by atoms with Crippen LogP contribution >= 0.6 is 22.7 Å². The van der Waals surface area contributed by atoms with Crippen molar-refractivity contribution < 1.29 is 14.3 Å². The first kappa shape index (κ1) is 19.3. The summed E-state index contributed by atoms with van der Waals surface area (Å²) in [6, 6.07) is 10.0. The molecule has 2 heterocycles. The Morgan fingerprint density at radius 2 is 2.04 bits per heavy atom. The van der Waals surface area contributed by atoms with E-state index in [1.54, 1.807) is 11.3 Å². The molecule has 27 heavy (non-hydrogen) atoms. The van der Waals surface area contributed by atoms with Crippen molar-refractivity contribution in [3.05, 3.63) is 63.3 Å². The van der Waals surface area contributed by atoms with Gasteiger partial charge in [-0.15, -0.1) is 11.3 Å². The maximum atomic E-state index is 11.9. The van der Waals surface area contributed by atoms with Crippen molar-refractivity contribution in [2.24, 2.45) is 0 Å². The summed E-state index contributed by atoms with van der Waals surface area (Å²) in [4.78, 5) is 28.2. The molecular formula is C20H20N2O3S2. The first-order chi connectivity index (χ1) is 13.1. The first-order valence-corrected chi connectivity index (χ1v) is 10.4. The van der Waals surface area contributed by atoms with E-state index < -0.39 is 5.97 Å². The van der Waals surface area contributed by atoms with Crippen molar-refractivity contribution >= 4 is 34.6 Å². The molecule has 2 aromatic heterocycles. The molecule has 0 fully saturated rings. The number of carbonyl (C=O) groups is 2. The monoisotopic (exact) mass is 400 g/mol. The minimum atomic E-state index is -0.453. The molecule has 3 aromatic rings. The molecule has 0 aliphatic carbocycles. The second-order valence-corrected chi connectivity index (χ2v) is 7.66. The van der Waals surface area contributed by atoms with Gasteiger partial charge in [-0.2, -0.15) is 11.3 Å². The summed E-state index contributed by atoms with van der Waals surface area (Å²) >= 11 is 3.10. The van der Waals surface area contributed by atoms with Gasteiger partial charge in [-0.05, 0) is 35.9 Å². The van der Waals surface area contributed by atoms with Gasteiger partial charge in [0.05, 0.1) is 12.1 Å². The summed E-state index contributed by atoms with van der Waals surface area (Å²) in [7, 11) is 0. The first-order valence-electron chi connectivity index (χ1n) is 8.55. The Kier molecular flexibility index (Phi) is 6.73. The molecule has 5 nitrogen and oxygen atoms in total. The van der Waals surface area contributed by atoms with E-state index in [0.717, 1.165) is 17.0 Å². The van der Waals surface area contributed by atoms with Gasteiger partial charge in [0.25, 0.3) is 5.91 Å². The highest BCUT2D eigenvalue weighted by molar-refractivity contribution is 7.14. The highest BCUT2D eigenvalue weighted by Gasteiger charge is 2.12. The number of hydrogen-bond donors (Lipinski definition) is 1. The second-order valence-electron chi connectivity index (χ2n) is 6.02. The number of amides is 1. The molecule has 0 saturated carbocycles. The fourth-order valence-electron chi connectivity index (χ4n) is 2.53. The summed E-state index contributed by atoms with van der Waals surface area (Å²) < 4.78 is 5.05. The Morgan fingerprint density at radius 3 is 2.81 bits per heavy atom.